The molecule has 0 spiro atoms. The number of aryl methyl sites for hydroxylation is 2. The van der Waals surface area contributed by atoms with Crippen LogP contribution in [0.2, 0.25) is 0 Å². The smallest absolute Gasteiger partial charge is 0.148 e. The Morgan fingerprint density at radius 1 is 0.381 bits per heavy atom. The summed E-state index contributed by atoms with van der Waals surface area (Å²) in [4.78, 5) is 19.4. The first-order valence-electron chi connectivity index (χ1n) is 51.1. The summed E-state index contributed by atoms with van der Waals surface area (Å²) in [5.41, 5.74) is 11.5. The van der Waals surface area contributed by atoms with E-state index in [9.17, 15) is 11.6 Å². The Bertz CT molecular complexity index is 7660. The summed E-state index contributed by atoms with van der Waals surface area (Å²) >= 11 is 0. The van der Waals surface area contributed by atoms with E-state index in [0.717, 1.165) is 44.5 Å². The van der Waals surface area contributed by atoms with Gasteiger partial charge in [-0.05, 0) is 213 Å². The molecule has 10 heteroatoms. The predicted molar refractivity (Wildman–Crippen MR) is 486 cm³/mol. The van der Waals surface area contributed by atoms with Gasteiger partial charge in [0, 0.05) is 85.1 Å². The molecule has 0 amide bonds. The molecular weight excluding hydrogens is 1800 g/mol. The molecule has 0 radical (unpaired) electrons. The van der Waals surface area contributed by atoms with Crippen molar-refractivity contribution in [3.63, 3.8) is 0 Å². The molecule has 16 rings (SSSR count). The summed E-state index contributed by atoms with van der Waals surface area (Å²) in [6, 6.07) is 57.9. The van der Waals surface area contributed by atoms with E-state index in [1.54, 1.807) is 112 Å². The van der Waals surface area contributed by atoms with Gasteiger partial charge in [0.05, 0.1) is 59.6 Å². The SMILES string of the molecule is [2H]c1c([2H])c(C([2H])([2H])[2H])c([2H])c([2H])c1-c1ccnc(-c2[c-]c(-c3cccc4c3nc(-c3ccccc3O)n4-c3ccc(-c4cc(C(C)C)cc(C([2H])(C)C)c4)cc3C([2H])([2H])[2H])cc(C(C)(C)C)c2)c1.[2H]c1nc(-c2[c-]c(-c3cccc4c3nc(-c3ccccc3O)n4-c3ccc(-c4cc(C(C)C)cc(C([2H])(C)C)c4)cc3C([2H])([2H])[2H])cc(C(C)(C)C)c2)c([2H])c(-c2c([2H])c([2H])c(C([2H])([2H])[2H])c([2H])c2[2H])c1[2H].[Pt].[Pt]. The molecule has 16 aromatic rings. The second-order valence-corrected chi connectivity index (χ2v) is 32.4. The number of hydrogen-bond donors (Lipinski definition) is 2. The molecule has 4 aromatic heterocycles. The first kappa shape index (κ1) is 57.9. The van der Waals surface area contributed by atoms with Crippen LogP contribution >= 0.6 is 0 Å². The van der Waals surface area contributed by atoms with E-state index in [1.807, 2.05) is 133 Å². The number of rotatable bonds is 16. The molecule has 0 saturated heterocycles. The van der Waals surface area contributed by atoms with Gasteiger partial charge in [0.15, 0.2) is 0 Å². The fourth-order valence-electron chi connectivity index (χ4n) is 14.3. The van der Waals surface area contributed by atoms with Crippen LogP contribution in [-0.2, 0) is 53.0 Å². The van der Waals surface area contributed by atoms with Gasteiger partial charge in [0.1, 0.15) is 23.1 Å². The molecule has 0 bridgehead atoms. The molecule has 0 unspecified atom stereocenters. The Kier molecular flexibility index (Phi) is 17.1. The number of fused-ring (bicyclic) bond motifs is 2. The Morgan fingerprint density at radius 3 is 1.22 bits per heavy atom. The maximum absolute atomic E-state index is 11.4. The monoisotopic (exact) mass is 1930 g/mol. The fraction of sp³-hybridized carbons (Fsp3) is 0.222. The zero-order valence-electron chi connectivity index (χ0n) is 92.9. The van der Waals surface area contributed by atoms with Crippen LogP contribution in [0, 0.1) is 39.5 Å². The summed E-state index contributed by atoms with van der Waals surface area (Å²) in [6.07, 6.45) is 0.859. The molecule has 118 heavy (non-hydrogen) atoms. The quantitative estimate of drug-likeness (QED) is 0.0935. The third-order valence-electron chi connectivity index (χ3n) is 20.9. The van der Waals surface area contributed by atoms with Crippen LogP contribution in [0.4, 0.5) is 0 Å². The molecule has 0 aliphatic heterocycles. The Hall–Kier alpha value is -11.1. The second-order valence-electron chi connectivity index (χ2n) is 32.4. The molecule has 8 nitrogen and oxygen atoms in total. The first-order chi connectivity index (χ1) is 65.5. The van der Waals surface area contributed by atoms with E-state index in [2.05, 4.69) is 70.6 Å². The predicted octanol–water partition coefficient (Wildman–Crippen LogP) is 28.8. The molecule has 0 aliphatic rings. The molecule has 600 valence electrons. The summed E-state index contributed by atoms with van der Waals surface area (Å²) in [5.74, 6) is -1.14. The Morgan fingerprint density at radius 2 is 0.797 bits per heavy atom. The fourth-order valence-corrected chi connectivity index (χ4v) is 14.3. The number of aromatic hydroxyl groups is 2. The standard InChI is InChI=1S/2C54H52N3O.2Pt/c2*1-33(2)40-26-41(34(3)4)28-42(27-40)38-21-22-49(36(6)25-38)57-50-15-12-14-46(52(50)56-53(57)47-13-10-11-16-51(47)58)43-29-44(31-45(30-43)54(7,8)9)48-32-39(23-24-55-48)37-19-17-35(5)18-20-37;;/h2*10-28,30-34,58H,1-9H3;;/q2*-1;;/i5D3,6D3,17D,18D,19D,20D,23D,24D,32D,33D;5D3,6D3,17D,18D,19D,20D,33D;;. The molecule has 4 heterocycles. The van der Waals surface area contributed by atoms with Crippen LogP contribution < -0.4 is 0 Å². The van der Waals surface area contributed by atoms with Gasteiger partial charge in [-0.15, -0.1) is 58.7 Å². The molecule has 0 aliphatic carbocycles. The number of aromatic nitrogens is 6. The van der Waals surface area contributed by atoms with Crippen LogP contribution in [0.25, 0.3) is 145 Å². The van der Waals surface area contributed by atoms with Gasteiger partial charge in [0.25, 0.3) is 0 Å². The van der Waals surface area contributed by atoms with Crippen LogP contribution in [0.5, 0.6) is 11.5 Å². The topological polar surface area (TPSA) is 102 Å². The van der Waals surface area contributed by atoms with Crippen LogP contribution in [0.3, 0.4) is 0 Å². The van der Waals surface area contributed by atoms with Crippen LogP contribution in [0.15, 0.2) is 267 Å². The van der Waals surface area contributed by atoms with Crippen molar-refractivity contribution in [1.82, 2.24) is 29.1 Å². The van der Waals surface area contributed by atoms with E-state index in [4.69, 9.17) is 42.9 Å². The minimum Gasteiger partial charge on any atom is -0.507 e. The van der Waals surface area contributed by atoms with Gasteiger partial charge in [-0.2, -0.15) is 0 Å². The molecule has 0 saturated carbocycles. The number of pyridine rings is 2. The maximum atomic E-state index is 11.4. The third kappa shape index (κ3) is 17.7. The van der Waals surface area contributed by atoms with E-state index in [1.165, 1.54) is 12.3 Å². The first-order valence-corrected chi connectivity index (χ1v) is 38.6. The number of hydrogen-bond acceptors (Lipinski definition) is 6. The summed E-state index contributed by atoms with van der Waals surface area (Å²) in [7, 11) is 0. The Labute approximate surface area is 762 Å². The van der Waals surface area contributed by atoms with Crippen molar-refractivity contribution >= 4 is 22.1 Å². The van der Waals surface area contributed by atoms with Crippen molar-refractivity contribution < 1.29 is 86.6 Å². The summed E-state index contributed by atoms with van der Waals surface area (Å²) in [6.45, 7) is 16.6. The summed E-state index contributed by atoms with van der Waals surface area (Å²) in [5, 5.41) is 22.8. The van der Waals surface area contributed by atoms with Gasteiger partial charge >= 0.3 is 0 Å². The van der Waals surface area contributed by atoms with E-state index in [0.29, 0.717) is 94.9 Å². The summed E-state index contributed by atoms with van der Waals surface area (Å²) < 4.78 is 218. The van der Waals surface area contributed by atoms with Crippen molar-refractivity contribution in [1.29, 1.82) is 0 Å². The van der Waals surface area contributed by atoms with Crippen molar-refractivity contribution in [2.75, 3.05) is 0 Å². The van der Waals surface area contributed by atoms with Gasteiger partial charge < -0.3 is 10.2 Å². The van der Waals surface area contributed by atoms with Gasteiger partial charge in [-0.1, -0.05) is 288 Å². The van der Waals surface area contributed by atoms with E-state index >= 15 is 0 Å². The number of imidazole rings is 2. The largest absolute Gasteiger partial charge is 0.507 e. The zero-order chi connectivity index (χ0) is 103. The van der Waals surface area contributed by atoms with Crippen molar-refractivity contribution in [3.05, 3.63) is 335 Å². The van der Waals surface area contributed by atoms with Gasteiger partial charge in [-0.25, -0.2) is 9.97 Å². The van der Waals surface area contributed by atoms with Gasteiger partial charge in [-0.3, -0.25) is 19.1 Å². The van der Waals surface area contributed by atoms with Crippen LogP contribution in [0.1, 0.15) is 210 Å². The zero-order valence-corrected chi connectivity index (χ0v) is 72.5. The molecular formula is C108H104N6O2Pt2-2. The minimum atomic E-state index is -3.00. The minimum absolute atomic E-state index is 0. The van der Waals surface area contributed by atoms with Gasteiger partial charge in [0.2, 0.25) is 0 Å². The average Bonchev–Trinajstić information content (AvgIpc) is 1.72. The number of nitrogens with zero attached hydrogens (tertiary/aromatic N) is 6. The molecule has 0 fully saturated rings. The molecule has 0 atom stereocenters. The number of benzene rings is 12. The molecule has 12 aromatic carbocycles. The van der Waals surface area contributed by atoms with E-state index in [-0.39, 0.29) is 105 Å². The third-order valence-corrected chi connectivity index (χ3v) is 20.9. The number of phenols is 2. The maximum Gasteiger partial charge on any atom is 0.148 e. The second kappa shape index (κ2) is 34.8. The Balaban J connectivity index is 0.000000237. The van der Waals surface area contributed by atoms with Crippen molar-refractivity contribution in [2.24, 2.45) is 0 Å². The molecule has 2 N–H and O–H groups in total. The van der Waals surface area contributed by atoms with Crippen molar-refractivity contribution in [3.8, 4) is 135 Å². The van der Waals surface area contributed by atoms with Crippen molar-refractivity contribution in [2.45, 2.75) is 159 Å². The number of phenolic OH excluding ortho intramolecular Hbond substituents is 2. The van der Waals surface area contributed by atoms with Crippen LogP contribution in [-0.4, -0.2) is 39.3 Å². The average molecular weight is 1930 g/mol. The normalized spacial score (nSPS) is 15.4. The number of para-hydroxylation sites is 4. The van der Waals surface area contributed by atoms with E-state index < -0.39 is 139 Å².